The van der Waals surface area contributed by atoms with Crippen molar-refractivity contribution in [3.63, 3.8) is 0 Å². The topological polar surface area (TPSA) is 88.6 Å². The van der Waals surface area contributed by atoms with Crippen LogP contribution in [0.25, 0.3) is 0 Å². The monoisotopic (exact) mass is 321 g/mol. The van der Waals surface area contributed by atoms with E-state index in [9.17, 15) is 13.2 Å². The largest absolute Gasteiger partial charge is 0.469 e. The van der Waals surface area contributed by atoms with E-state index in [1.165, 1.54) is 25.5 Å². The molecule has 0 saturated heterocycles. The van der Waals surface area contributed by atoms with Gasteiger partial charge in [0.15, 0.2) is 0 Å². The summed E-state index contributed by atoms with van der Waals surface area (Å²) in [7, 11) is -0.891. The summed E-state index contributed by atoms with van der Waals surface area (Å²) < 4.78 is 31.8. The number of aromatic nitrogens is 1. The first-order valence-electron chi connectivity index (χ1n) is 6.04. The highest BCUT2D eigenvalue weighted by Crippen LogP contribution is 2.08. The van der Waals surface area contributed by atoms with Crippen LogP contribution in [0, 0.1) is 6.92 Å². The Morgan fingerprint density at radius 3 is 2.80 bits per heavy atom. The fraction of sp³-hybridized carbons (Fsp3) is 0.636. The van der Waals surface area contributed by atoms with E-state index in [0.717, 1.165) is 15.0 Å². The number of hydrogen-bond acceptors (Lipinski definition) is 6. The Labute approximate surface area is 123 Å². The summed E-state index contributed by atoms with van der Waals surface area (Å²) in [6.45, 7) is 2.25. The number of rotatable bonds is 8. The van der Waals surface area contributed by atoms with Gasteiger partial charge in [0.2, 0.25) is 0 Å². The van der Waals surface area contributed by atoms with E-state index in [4.69, 9.17) is 0 Å². The molecule has 0 unspecified atom stereocenters. The summed E-state index contributed by atoms with van der Waals surface area (Å²) in [5.41, 5.74) is 0.933. The van der Waals surface area contributed by atoms with E-state index < -0.39 is 16.2 Å². The molecule has 1 aromatic rings. The lowest BCUT2D eigenvalue weighted by atomic mass is 10.4. The Kier molecular flexibility index (Phi) is 6.53. The number of nitrogens with zero attached hydrogens (tertiary/aromatic N) is 2. The van der Waals surface area contributed by atoms with Gasteiger partial charge in [0.1, 0.15) is 0 Å². The molecule has 7 nitrogen and oxygen atoms in total. The Morgan fingerprint density at radius 2 is 2.25 bits per heavy atom. The second-order valence-electron chi connectivity index (χ2n) is 4.18. The third-order valence-corrected chi connectivity index (χ3v) is 5.16. The van der Waals surface area contributed by atoms with Gasteiger partial charge in [0.25, 0.3) is 10.2 Å². The minimum absolute atomic E-state index is 0.0274. The smallest absolute Gasteiger partial charge is 0.306 e. The van der Waals surface area contributed by atoms with Gasteiger partial charge in [-0.25, -0.2) is 9.71 Å². The molecule has 114 valence electrons. The van der Waals surface area contributed by atoms with Gasteiger partial charge in [0, 0.05) is 37.6 Å². The standard InChI is InChI=1S/C11H19N3O4S2/c1-9-8-19-10(13-9)4-6-12-20(16,17)14(2)7-5-11(15)18-3/h8,12H,4-7H2,1-3H3. The molecule has 1 aromatic heterocycles. The first-order valence-corrected chi connectivity index (χ1v) is 8.36. The zero-order chi connectivity index (χ0) is 15.2. The lowest BCUT2D eigenvalue weighted by Gasteiger charge is -2.16. The molecule has 0 amide bonds. The number of esters is 1. The van der Waals surface area contributed by atoms with Crippen LogP contribution in [0.15, 0.2) is 5.38 Å². The average molecular weight is 321 g/mol. The van der Waals surface area contributed by atoms with Crippen LogP contribution >= 0.6 is 11.3 Å². The lowest BCUT2D eigenvalue weighted by molar-refractivity contribution is -0.140. The molecular formula is C11H19N3O4S2. The second-order valence-corrected chi connectivity index (χ2v) is 6.98. The third-order valence-electron chi connectivity index (χ3n) is 2.56. The highest BCUT2D eigenvalue weighted by Gasteiger charge is 2.18. The van der Waals surface area contributed by atoms with Crippen LogP contribution in [0.1, 0.15) is 17.1 Å². The molecule has 0 aliphatic heterocycles. The molecule has 0 bridgehead atoms. The summed E-state index contributed by atoms with van der Waals surface area (Å²) in [4.78, 5) is 15.2. The number of methoxy groups -OCH3 is 1. The predicted octanol–water partition coefficient (Wildman–Crippen LogP) is 0.323. The number of carbonyl (C=O) groups excluding carboxylic acids is 1. The van der Waals surface area contributed by atoms with Crippen molar-refractivity contribution in [2.24, 2.45) is 0 Å². The van der Waals surface area contributed by atoms with Crippen LogP contribution in [0.4, 0.5) is 0 Å². The number of hydrogen-bond donors (Lipinski definition) is 1. The quantitative estimate of drug-likeness (QED) is 0.697. The molecule has 0 radical (unpaired) electrons. The number of carbonyl (C=O) groups is 1. The van der Waals surface area contributed by atoms with E-state index in [0.29, 0.717) is 6.42 Å². The van der Waals surface area contributed by atoms with Crippen molar-refractivity contribution in [1.29, 1.82) is 0 Å². The van der Waals surface area contributed by atoms with Crippen molar-refractivity contribution in [1.82, 2.24) is 14.0 Å². The summed E-state index contributed by atoms with van der Waals surface area (Å²) >= 11 is 1.50. The van der Waals surface area contributed by atoms with Gasteiger partial charge in [-0.1, -0.05) is 0 Å². The van der Waals surface area contributed by atoms with Crippen LogP contribution < -0.4 is 4.72 Å². The third kappa shape index (κ3) is 5.53. The molecule has 0 aliphatic rings. The van der Waals surface area contributed by atoms with Gasteiger partial charge in [-0.2, -0.15) is 12.7 Å². The predicted molar refractivity (Wildman–Crippen MR) is 76.7 cm³/mol. The van der Waals surface area contributed by atoms with E-state index >= 15 is 0 Å². The molecule has 0 saturated carbocycles. The van der Waals surface area contributed by atoms with Crippen molar-refractivity contribution in [3.8, 4) is 0 Å². The molecule has 0 fully saturated rings. The van der Waals surface area contributed by atoms with Gasteiger partial charge < -0.3 is 4.74 Å². The minimum Gasteiger partial charge on any atom is -0.469 e. The molecule has 0 spiro atoms. The molecule has 9 heteroatoms. The SMILES string of the molecule is COC(=O)CCN(C)S(=O)(=O)NCCc1nc(C)cs1. The second kappa shape index (κ2) is 7.67. The normalized spacial score (nSPS) is 11.8. The lowest BCUT2D eigenvalue weighted by Crippen LogP contribution is -2.40. The van der Waals surface area contributed by atoms with Crippen LogP contribution in [-0.4, -0.2) is 50.9 Å². The summed E-state index contributed by atoms with van der Waals surface area (Å²) in [6, 6.07) is 0. The molecule has 0 aliphatic carbocycles. The number of nitrogens with one attached hydrogen (secondary N) is 1. The fourth-order valence-electron chi connectivity index (χ4n) is 1.39. The number of ether oxygens (including phenoxy) is 1. The van der Waals surface area contributed by atoms with E-state index in [1.54, 1.807) is 0 Å². The molecule has 1 N–H and O–H groups in total. The van der Waals surface area contributed by atoms with Gasteiger partial charge in [-0.05, 0) is 6.92 Å². The van der Waals surface area contributed by atoms with Crippen LogP contribution in [0.2, 0.25) is 0 Å². The molecule has 0 aromatic carbocycles. The zero-order valence-electron chi connectivity index (χ0n) is 11.7. The van der Waals surface area contributed by atoms with Gasteiger partial charge in [0.05, 0.1) is 18.5 Å². The Hall–Kier alpha value is -1.03. The summed E-state index contributed by atoms with van der Waals surface area (Å²) in [5.74, 6) is -0.440. The van der Waals surface area contributed by atoms with Crippen LogP contribution in [0.5, 0.6) is 0 Å². The number of aryl methyl sites for hydroxylation is 1. The highest BCUT2D eigenvalue weighted by molar-refractivity contribution is 7.87. The highest BCUT2D eigenvalue weighted by atomic mass is 32.2. The molecule has 0 atom stereocenters. The first kappa shape index (κ1) is 17.0. The molecule has 20 heavy (non-hydrogen) atoms. The van der Waals surface area contributed by atoms with Gasteiger partial charge in [-0.15, -0.1) is 11.3 Å². The maximum atomic E-state index is 11.9. The average Bonchev–Trinajstić information content (AvgIpc) is 2.80. The van der Waals surface area contributed by atoms with E-state index in [2.05, 4.69) is 14.4 Å². The Balaban J connectivity index is 2.38. The maximum Gasteiger partial charge on any atom is 0.306 e. The van der Waals surface area contributed by atoms with Crippen LogP contribution in [0.3, 0.4) is 0 Å². The fourth-order valence-corrected chi connectivity index (χ4v) is 3.07. The van der Waals surface area contributed by atoms with Crippen molar-refractivity contribution < 1.29 is 17.9 Å². The number of thiazole rings is 1. The van der Waals surface area contributed by atoms with E-state index in [-0.39, 0.29) is 19.5 Å². The summed E-state index contributed by atoms with van der Waals surface area (Å²) in [6.07, 6.45) is 0.572. The molecule has 1 heterocycles. The van der Waals surface area contributed by atoms with E-state index in [1.807, 2.05) is 12.3 Å². The first-order chi connectivity index (χ1) is 9.35. The van der Waals surface area contributed by atoms with Crippen molar-refractivity contribution in [2.75, 3.05) is 27.2 Å². The van der Waals surface area contributed by atoms with Crippen LogP contribution in [-0.2, 0) is 26.2 Å². The van der Waals surface area contributed by atoms with Gasteiger partial charge in [-0.3, -0.25) is 4.79 Å². The maximum absolute atomic E-state index is 11.9. The van der Waals surface area contributed by atoms with Crippen molar-refractivity contribution in [2.45, 2.75) is 19.8 Å². The minimum atomic E-state index is -3.58. The molecular weight excluding hydrogens is 302 g/mol. The van der Waals surface area contributed by atoms with Gasteiger partial charge >= 0.3 is 5.97 Å². The Bertz CT molecular complexity index is 542. The van der Waals surface area contributed by atoms with Crippen molar-refractivity contribution >= 4 is 27.5 Å². The zero-order valence-corrected chi connectivity index (χ0v) is 13.4. The van der Waals surface area contributed by atoms with Crippen molar-refractivity contribution in [3.05, 3.63) is 16.1 Å². The molecule has 1 rings (SSSR count). The summed E-state index contributed by atoms with van der Waals surface area (Å²) in [5, 5.41) is 2.81. The Morgan fingerprint density at radius 1 is 1.55 bits per heavy atom.